The van der Waals surface area contributed by atoms with Gasteiger partial charge < -0.3 is 5.11 Å². The summed E-state index contributed by atoms with van der Waals surface area (Å²) in [6.45, 7) is 0. The van der Waals surface area contributed by atoms with Crippen molar-refractivity contribution in [2.45, 2.75) is 4.90 Å². The van der Waals surface area contributed by atoms with Gasteiger partial charge in [-0.3, -0.25) is 14.7 Å². The third-order valence-electron chi connectivity index (χ3n) is 1.68. The van der Waals surface area contributed by atoms with Gasteiger partial charge in [0.1, 0.15) is 4.90 Å². The summed E-state index contributed by atoms with van der Waals surface area (Å²) in [5.74, 6) is -1.61. The number of carboxylic acids is 1. The molecule has 90 valence electrons. The first-order chi connectivity index (χ1) is 7.23. The van der Waals surface area contributed by atoms with Crippen LogP contribution in [0.5, 0.6) is 0 Å². The molecule has 0 atom stereocenters. The number of hydrogen-bond donors (Lipinski definition) is 2. The number of nitrogens with zero attached hydrogens (tertiary/aromatic N) is 1. The molecule has 0 aliphatic heterocycles. The maximum absolute atomic E-state index is 10.8. The summed E-state index contributed by atoms with van der Waals surface area (Å²) in [4.78, 5) is 19.0. The summed E-state index contributed by atoms with van der Waals surface area (Å²) in [6, 6.07) is 2.06. The maximum atomic E-state index is 10.8. The fourth-order valence-electron chi connectivity index (χ4n) is 1.01. The van der Waals surface area contributed by atoms with Crippen LogP contribution >= 0.6 is 0 Å². The number of carbonyl (C=O) groups is 1. The SMILES string of the molecule is O=C(O)c1ccc([N+](=O)[O-])cc1S(=O)(=O)O.[KH].[NaH]. The van der Waals surface area contributed by atoms with Gasteiger partial charge in [0, 0.05) is 12.1 Å². The summed E-state index contributed by atoms with van der Waals surface area (Å²) >= 11 is 0. The molecule has 0 spiro atoms. The predicted molar refractivity (Wildman–Crippen MR) is 64.2 cm³/mol. The van der Waals surface area contributed by atoms with E-state index in [1.165, 1.54) is 0 Å². The van der Waals surface area contributed by atoms with E-state index in [2.05, 4.69) is 0 Å². The molecule has 8 nitrogen and oxygen atoms in total. The molecule has 0 unspecified atom stereocenters. The molecule has 0 aromatic heterocycles. The minimum atomic E-state index is -4.82. The van der Waals surface area contributed by atoms with Crippen LogP contribution in [0.3, 0.4) is 0 Å². The van der Waals surface area contributed by atoms with Crippen molar-refractivity contribution in [3.05, 3.63) is 33.9 Å². The topological polar surface area (TPSA) is 135 Å². The van der Waals surface area contributed by atoms with Gasteiger partial charge in [-0.15, -0.1) is 0 Å². The van der Waals surface area contributed by atoms with E-state index in [0.717, 1.165) is 12.1 Å². The van der Waals surface area contributed by atoms with Crippen molar-refractivity contribution in [1.82, 2.24) is 0 Å². The van der Waals surface area contributed by atoms with Crippen molar-refractivity contribution in [3.63, 3.8) is 0 Å². The molecule has 0 bridgehead atoms. The van der Waals surface area contributed by atoms with E-state index in [4.69, 9.17) is 9.66 Å². The predicted octanol–water partition coefficient (Wildman–Crippen LogP) is -0.757. The molecule has 0 saturated carbocycles. The first-order valence-electron chi connectivity index (χ1n) is 3.72. The zero-order valence-electron chi connectivity index (χ0n) is 7.52. The average molecular weight is 311 g/mol. The van der Waals surface area contributed by atoms with Gasteiger partial charge in [-0.2, -0.15) is 8.42 Å². The molecule has 11 heteroatoms. The molecule has 1 aromatic rings. The molecule has 18 heavy (non-hydrogen) atoms. The van der Waals surface area contributed by atoms with Gasteiger partial charge in [-0.05, 0) is 6.07 Å². The van der Waals surface area contributed by atoms with E-state index in [9.17, 15) is 23.3 Å². The monoisotopic (exact) mass is 311 g/mol. The number of non-ortho nitro benzene ring substituents is 1. The Hall–Kier alpha value is 0.636. The van der Waals surface area contributed by atoms with Gasteiger partial charge in [0.05, 0.1) is 10.5 Å². The average Bonchev–Trinajstić information content (AvgIpc) is 2.15. The van der Waals surface area contributed by atoms with Crippen LogP contribution in [0.4, 0.5) is 5.69 Å². The van der Waals surface area contributed by atoms with Crippen molar-refractivity contribution in [2.75, 3.05) is 0 Å². The normalized spacial score (nSPS) is 9.83. The summed E-state index contributed by atoms with van der Waals surface area (Å²) in [6.07, 6.45) is 0. The van der Waals surface area contributed by atoms with Crippen LogP contribution in [-0.4, -0.2) is 110 Å². The third kappa shape index (κ3) is 5.33. The van der Waals surface area contributed by atoms with Crippen molar-refractivity contribution in [3.8, 4) is 0 Å². The van der Waals surface area contributed by atoms with E-state index in [0.29, 0.717) is 6.07 Å². The zero-order chi connectivity index (χ0) is 12.5. The second-order valence-electron chi connectivity index (χ2n) is 2.72. The second kappa shape index (κ2) is 8.04. The summed E-state index contributed by atoms with van der Waals surface area (Å²) < 4.78 is 30.3. The zero-order valence-corrected chi connectivity index (χ0v) is 8.34. The van der Waals surface area contributed by atoms with Gasteiger partial charge in [-0.25, -0.2) is 4.79 Å². The van der Waals surface area contributed by atoms with Crippen LogP contribution in [0.15, 0.2) is 23.1 Å². The van der Waals surface area contributed by atoms with E-state index < -0.39 is 37.2 Å². The third-order valence-corrected chi connectivity index (χ3v) is 2.58. The van der Waals surface area contributed by atoms with Crippen LogP contribution in [0, 0.1) is 10.1 Å². The molecule has 1 aromatic carbocycles. The number of benzene rings is 1. The molecule has 0 saturated heterocycles. The van der Waals surface area contributed by atoms with E-state index in [-0.39, 0.29) is 80.9 Å². The Labute approximate surface area is 166 Å². The number of nitro groups is 1. The summed E-state index contributed by atoms with van der Waals surface area (Å²) in [5.41, 5.74) is -1.36. The number of rotatable bonds is 3. The van der Waals surface area contributed by atoms with Crippen LogP contribution in [0.1, 0.15) is 10.4 Å². The number of nitro benzene ring substituents is 1. The van der Waals surface area contributed by atoms with Crippen molar-refractivity contribution >= 4 is 103 Å². The fraction of sp³-hybridized carbons (Fsp3) is 0. The fourth-order valence-corrected chi connectivity index (χ4v) is 1.72. The molecule has 0 aliphatic carbocycles. The Bertz CT molecular complexity index is 573. The van der Waals surface area contributed by atoms with E-state index in [1.54, 1.807) is 0 Å². The molecule has 0 fully saturated rings. The first kappa shape index (κ1) is 20.9. The van der Waals surface area contributed by atoms with E-state index >= 15 is 0 Å². The molecule has 0 amide bonds. The van der Waals surface area contributed by atoms with Crippen LogP contribution in [0.25, 0.3) is 0 Å². The van der Waals surface area contributed by atoms with Crippen molar-refractivity contribution in [1.29, 1.82) is 0 Å². The summed E-state index contributed by atoms with van der Waals surface area (Å²) in [5, 5.41) is 19.0. The summed E-state index contributed by atoms with van der Waals surface area (Å²) in [7, 11) is -4.82. The molecule has 2 N–H and O–H groups in total. The first-order valence-corrected chi connectivity index (χ1v) is 5.16. The van der Waals surface area contributed by atoms with Crippen molar-refractivity contribution in [2.24, 2.45) is 0 Å². The quantitative estimate of drug-likeness (QED) is 0.324. The minimum absolute atomic E-state index is 0. The van der Waals surface area contributed by atoms with Gasteiger partial charge in [0.15, 0.2) is 0 Å². The Kier molecular flexibility index (Phi) is 9.36. The second-order valence-corrected chi connectivity index (χ2v) is 4.11. The van der Waals surface area contributed by atoms with Gasteiger partial charge in [-0.1, -0.05) is 0 Å². The molecule has 0 aliphatic rings. The van der Waals surface area contributed by atoms with E-state index in [1.807, 2.05) is 0 Å². The standard InChI is InChI=1S/C7H5NO7S.K.Na.2H/c9-7(10)5-2-1-4(8(11)12)3-6(5)16(13,14)15;;;;/h1-3H,(H,9,10)(H,13,14,15);;;;. The Morgan fingerprint density at radius 2 is 1.83 bits per heavy atom. The van der Waals surface area contributed by atoms with Gasteiger partial charge in [0.2, 0.25) is 0 Å². The van der Waals surface area contributed by atoms with Crippen LogP contribution < -0.4 is 0 Å². The van der Waals surface area contributed by atoms with Crippen molar-refractivity contribution < 1.29 is 27.8 Å². The van der Waals surface area contributed by atoms with Crippen LogP contribution in [-0.2, 0) is 10.1 Å². The number of hydrogen-bond acceptors (Lipinski definition) is 5. The molecule has 1 rings (SSSR count). The Morgan fingerprint density at radius 3 is 2.17 bits per heavy atom. The van der Waals surface area contributed by atoms with Gasteiger partial charge in [0.25, 0.3) is 15.8 Å². The number of aromatic carboxylic acids is 1. The van der Waals surface area contributed by atoms with Crippen LogP contribution in [0.2, 0.25) is 0 Å². The molecular formula is C7H7KNNaO7S. The Morgan fingerprint density at radius 1 is 1.33 bits per heavy atom. The number of carboxylic acid groups (broad SMARTS) is 1. The molecule has 0 heterocycles. The Balaban J connectivity index is 0. The van der Waals surface area contributed by atoms with Gasteiger partial charge >= 0.3 is 86.9 Å². The molecular weight excluding hydrogens is 304 g/mol. The molecule has 0 radical (unpaired) electrons.